The van der Waals surface area contributed by atoms with E-state index >= 15 is 0 Å². The summed E-state index contributed by atoms with van der Waals surface area (Å²) in [5.74, 6) is 0. The van der Waals surface area contributed by atoms with E-state index in [1.54, 1.807) is 0 Å². The van der Waals surface area contributed by atoms with Crippen LogP contribution in [-0.4, -0.2) is 0 Å². The summed E-state index contributed by atoms with van der Waals surface area (Å²) in [6, 6.07) is 61.5. The molecule has 0 saturated carbocycles. The molecule has 0 N–H and O–H groups in total. The highest BCUT2D eigenvalue weighted by Gasteiger charge is 2.19. The smallest absolute Gasteiger partial charge is 0.136 e. The Kier molecular flexibility index (Phi) is 5.64. The van der Waals surface area contributed by atoms with Crippen molar-refractivity contribution in [1.29, 1.82) is 0 Å². The first kappa shape index (κ1) is 26.1. The lowest BCUT2D eigenvalue weighted by Gasteiger charge is -2.18. The Labute approximate surface area is 271 Å². The van der Waals surface area contributed by atoms with Crippen LogP contribution in [0.2, 0.25) is 0 Å². The Bertz CT molecular complexity index is 2790. The monoisotopic (exact) mass is 596 g/mol. The Balaban J connectivity index is 1.22. The van der Waals surface area contributed by atoms with Crippen LogP contribution in [0.3, 0.4) is 0 Å². The molecule has 1 aromatic heterocycles. The van der Waals surface area contributed by atoms with Gasteiger partial charge in [0.2, 0.25) is 0 Å². The molecule has 0 aliphatic heterocycles. The van der Waals surface area contributed by atoms with Crippen molar-refractivity contribution in [2.45, 2.75) is 0 Å². The number of fused-ring (bicyclic) bond motifs is 8. The van der Waals surface area contributed by atoms with Gasteiger partial charge in [0, 0.05) is 10.8 Å². The van der Waals surface area contributed by atoms with Gasteiger partial charge in [-0.2, -0.15) is 0 Å². The number of hydrogen-bond donors (Lipinski definition) is 0. The van der Waals surface area contributed by atoms with Gasteiger partial charge in [0.15, 0.2) is 0 Å². The summed E-state index contributed by atoms with van der Waals surface area (Å²) in [5, 5.41) is 12.3. The van der Waals surface area contributed by atoms with Gasteiger partial charge in [0.1, 0.15) is 11.2 Å². The van der Waals surface area contributed by atoms with Crippen molar-refractivity contribution in [3.05, 3.63) is 170 Å². The SMILES string of the molecule is c1cc(-c2cccc3ccccc23)cc(-c2c3ccccc3c(-c3ccc4c(c3)oc3ccc5ccccc5c34)c3ccccc23)c1. The van der Waals surface area contributed by atoms with Crippen molar-refractivity contribution >= 4 is 65.0 Å². The van der Waals surface area contributed by atoms with E-state index in [1.807, 2.05) is 0 Å². The highest BCUT2D eigenvalue weighted by Crippen LogP contribution is 2.45. The van der Waals surface area contributed by atoms with E-state index in [2.05, 4.69) is 170 Å². The molecule has 0 aliphatic rings. The summed E-state index contributed by atoms with van der Waals surface area (Å²) in [7, 11) is 0. The van der Waals surface area contributed by atoms with Gasteiger partial charge in [-0.15, -0.1) is 0 Å². The molecule has 0 radical (unpaired) electrons. The van der Waals surface area contributed by atoms with Crippen LogP contribution in [0.4, 0.5) is 0 Å². The van der Waals surface area contributed by atoms with E-state index in [1.165, 1.54) is 76.3 Å². The lowest BCUT2D eigenvalue weighted by Crippen LogP contribution is -1.91. The van der Waals surface area contributed by atoms with E-state index in [0.717, 1.165) is 22.1 Å². The number of benzene rings is 9. The third-order valence-electron chi connectivity index (χ3n) is 9.83. The molecule has 0 spiro atoms. The van der Waals surface area contributed by atoms with Crippen molar-refractivity contribution in [2.24, 2.45) is 0 Å². The maximum atomic E-state index is 6.53. The number of furan rings is 1. The van der Waals surface area contributed by atoms with Gasteiger partial charge in [-0.3, -0.25) is 0 Å². The lowest BCUT2D eigenvalue weighted by atomic mass is 9.85. The molecule has 1 heteroatoms. The first-order valence-electron chi connectivity index (χ1n) is 16.2. The van der Waals surface area contributed by atoms with Gasteiger partial charge in [-0.05, 0) is 101 Å². The Morgan fingerprint density at radius 3 is 1.53 bits per heavy atom. The first-order chi connectivity index (χ1) is 23.3. The van der Waals surface area contributed by atoms with Crippen molar-refractivity contribution < 1.29 is 4.42 Å². The summed E-state index contributed by atoms with van der Waals surface area (Å²) >= 11 is 0. The largest absolute Gasteiger partial charge is 0.456 e. The summed E-state index contributed by atoms with van der Waals surface area (Å²) in [6.07, 6.45) is 0. The maximum absolute atomic E-state index is 6.53. The Hall–Kier alpha value is -6.18. The average molecular weight is 597 g/mol. The lowest BCUT2D eigenvalue weighted by molar-refractivity contribution is 0.669. The van der Waals surface area contributed by atoms with Crippen molar-refractivity contribution in [1.82, 2.24) is 0 Å². The van der Waals surface area contributed by atoms with Crippen LogP contribution >= 0.6 is 0 Å². The molecule has 1 heterocycles. The van der Waals surface area contributed by atoms with Gasteiger partial charge in [-0.1, -0.05) is 146 Å². The fourth-order valence-corrected chi connectivity index (χ4v) is 7.77. The van der Waals surface area contributed by atoms with Gasteiger partial charge in [0.25, 0.3) is 0 Å². The minimum absolute atomic E-state index is 0.911. The van der Waals surface area contributed by atoms with Crippen LogP contribution in [-0.2, 0) is 0 Å². The summed E-state index contributed by atoms with van der Waals surface area (Å²) in [6.45, 7) is 0. The van der Waals surface area contributed by atoms with Crippen LogP contribution in [0.25, 0.3) is 98.4 Å². The second-order valence-electron chi connectivity index (χ2n) is 12.4. The molecule has 218 valence electrons. The Morgan fingerprint density at radius 1 is 0.298 bits per heavy atom. The maximum Gasteiger partial charge on any atom is 0.136 e. The quantitative estimate of drug-likeness (QED) is 0.185. The zero-order valence-electron chi connectivity index (χ0n) is 25.6. The van der Waals surface area contributed by atoms with Crippen LogP contribution in [0.1, 0.15) is 0 Å². The van der Waals surface area contributed by atoms with Crippen molar-refractivity contribution in [3.8, 4) is 33.4 Å². The van der Waals surface area contributed by atoms with Gasteiger partial charge < -0.3 is 4.42 Å². The molecular weight excluding hydrogens is 569 g/mol. The van der Waals surface area contributed by atoms with E-state index < -0.39 is 0 Å². The zero-order valence-corrected chi connectivity index (χ0v) is 25.6. The second-order valence-corrected chi connectivity index (χ2v) is 12.4. The van der Waals surface area contributed by atoms with E-state index in [0.29, 0.717) is 0 Å². The van der Waals surface area contributed by atoms with Crippen molar-refractivity contribution in [2.75, 3.05) is 0 Å². The zero-order chi connectivity index (χ0) is 30.9. The molecule has 0 aliphatic carbocycles. The van der Waals surface area contributed by atoms with Gasteiger partial charge in [0.05, 0.1) is 0 Å². The molecule has 0 fully saturated rings. The van der Waals surface area contributed by atoms with Gasteiger partial charge in [-0.25, -0.2) is 0 Å². The molecular formula is C46H28O. The molecule has 0 amide bonds. The molecule has 0 atom stereocenters. The minimum atomic E-state index is 0.911. The normalized spacial score (nSPS) is 11.8. The molecule has 47 heavy (non-hydrogen) atoms. The molecule has 0 unspecified atom stereocenters. The first-order valence-corrected chi connectivity index (χ1v) is 16.2. The minimum Gasteiger partial charge on any atom is -0.456 e. The highest BCUT2D eigenvalue weighted by molar-refractivity contribution is 6.23. The van der Waals surface area contributed by atoms with Crippen LogP contribution in [0.5, 0.6) is 0 Å². The fourth-order valence-electron chi connectivity index (χ4n) is 7.77. The second kappa shape index (κ2) is 10.2. The number of rotatable bonds is 3. The van der Waals surface area contributed by atoms with E-state index in [9.17, 15) is 0 Å². The average Bonchev–Trinajstić information content (AvgIpc) is 3.52. The molecule has 9 aromatic carbocycles. The standard InChI is InChI=1S/C46H28O/c1-3-16-34-29(11-1)13-10-22-35(34)31-14-9-15-32(27-31)44-37-18-5-7-20-39(37)45(40-21-8-6-19-38(40)44)33-23-25-41-43(28-33)47-42-26-24-30-12-2-4-17-36(30)46(41)42/h1-28H. The molecule has 10 rings (SSSR count). The summed E-state index contributed by atoms with van der Waals surface area (Å²) < 4.78 is 6.53. The third-order valence-corrected chi connectivity index (χ3v) is 9.83. The predicted octanol–water partition coefficient (Wildman–Crippen LogP) is 13.2. The molecule has 0 bridgehead atoms. The molecule has 1 nitrogen and oxygen atoms in total. The van der Waals surface area contributed by atoms with Crippen LogP contribution in [0, 0.1) is 0 Å². The van der Waals surface area contributed by atoms with Crippen molar-refractivity contribution in [3.63, 3.8) is 0 Å². The van der Waals surface area contributed by atoms with E-state index in [-0.39, 0.29) is 0 Å². The van der Waals surface area contributed by atoms with Crippen LogP contribution in [0.15, 0.2) is 174 Å². The predicted molar refractivity (Wildman–Crippen MR) is 200 cm³/mol. The highest BCUT2D eigenvalue weighted by atomic mass is 16.3. The van der Waals surface area contributed by atoms with Crippen LogP contribution < -0.4 is 0 Å². The number of hydrogen-bond acceptors (Lipinski definition) is 1. The summed E-state index contributed by atoms with van der Waals surface area (Å²) in [5.41, 5.74) is 9.18. The topological polar surface area (TPSA) is 13.1 Å². The Morgan fingerprint density at radius 2 is 0.830 bits per heavy atom. The fraction of sp³-hybridized carbons (Fsp3) is 0. The van der Waals surface area contributed by atoms with Gasteiger partial charge >= 0.3 is 0 Å². The van der Waals surface area contributed by atoms with E-state index in [4.69, 9.17) is 4.42 Å². The summed E-state index contributed by atoms with van der Waals surface area (Å²) in [4.78, 5) is 0. The molecule has 10 aromatic rings. The molecule has 0 saturated heterocycles. The third kappa shape index (κ3) is 3.97.